The highest BCUT2D eigenvalue weighted by Gasteiger charge is 2.10. The van der Waals surface area contributed by atoms with Crippen LogP contribution in [0.5, 0.6) is 0 Å². The van der Waals surface area contributed by atoms with Gasteiger partial charge in [0.05, 0.1) is 10.9 Å². The van der Waals surface area contributed by atoms with Gasteiger partial charge >= 0.3 is 0 Å². The van der Waals surface area contributed by atoms with Gasteiger partial charge in [0.25, 0.3) is 11.5 Å². The van der Waals surface area contributed by atoms with Gasteiger partial charge in [0, 0.05) is 22.2 Å². The zero-order valence-corrected chi connectivity index (χ0v) is 14.2. The second-order valence-electron chi connectivity index (χ2n) is 5.87. The molecule has 0 aliphatic carbocycles. The number of hydrogen-bond donors (Lipinski definition) is 2. The summed E-state index contributed by atoms with van der Waals surface area (Å²) >= 11 is 1.54. The van der Waals surface area contributed by atoms with Crippen molar-refractivity contribution >= 4 is 38.2 Å². The number of aromatic amines is 1. The molecule has 124 valence electrons. The fourth-order valence-corrected chi connectivity index (χ4v) is 3.87. The molecular formula is C20H16N2O2S. The monoisotopic (exact) mass is 348 g/mol. The third-order valence-corrected chi connectivity index (χ3v) is 5.17. The third kappa shape index (κ3) is 3.06. The van der Waals surface area contributed by atoms with Gasteiger partial charge in [0.2, 0.25) is 0 Å². The van der Waals surface area contributed by atoms with Crippen LogP contribution in [0.3, 0.4) is 0 Å². The number of aromatic nitrogens is 1. The SMILES string of the molecule is O=C(NCCc1ccccc1)c1ccc2c(c1)[nH]c(=O)c1ccsc12. The van der Waals surface area contributed by atoms with Gasteiger partial charge in [-0.3, -0.25) is 9.59 Å². The van der Waals surface area contributed by atoms with Gasteiger partial charge in [-0.2, -0.15) is 0 Å². The number of amides is 1. The van der Waals surface area contributed by atoms with Crippen molar-refractivity contribution in [2.75, 3.05) is 6.54 Å². The third-order valence-electron chi connectivity index (χ3n) is 4.23. The number of carbonyl (C=O) groups excluding carboxylic acids is 1. The lowest BCUT2D eigenvalue weighted by atomic mass is 10.1. The zero-order chi connectivity index (χ0) is 17.2. The molecule has 0 unspecified atom stereocenters. The van der Waals surface area contributed by atoms with Crippen molar-refractivity contribution in [3.8, 4) is 0 Å². The van der Waals surface area contributed by atoms with Crippen molar-refractivity contribution in [3.05, 3.63) is 81.5 Å². The van der Waals surface area contributed by atoms with Gasteiger partial charge in [0.1, 0.15) is 0 Å². The molecule has 0 saturated carbocycles. The average Bonchev–Trinajstić information content (AvgIpc) is 3.13. The molecule has 2 aromatic heterocycles. The number of rotatable bonds is 4. The van der Waals surface area contributed by atoms with Crippen molar-refractivity contribution in [1.82, 2.24) is 10.3 Å². The molecule has 25 heavy (non-hydrogen) atoms. The topological polar surface area (TPSA) is 62.0 Å². The van der Waals surface area contributed by atoms with Crippen molar-refractivity contribution in [3.63, 3.8) is 0 Å². The van der Waals surface area contributed by atoms with Gasteiger partial charge in [-0.05, 0) is 35.6 Å². The smallest absolute Gasteiger partial charge is 0.257 e. The minimum atomic E-state index is -0.134. The van der Waals surface area contributed by atoms with E-state index in [1.165, 1.54) is 16.9 Å². The molecule has 0 bridgehead atoms. The van der Waals surface area contributed by atoms with E-state index in [0.29, 0.717) is 23.0 Å². The van der Waals surface area contributed by atoms with E-state index in [1.807, 2.05) is 47.8 Å². The summed E-state index contributed by atoms with van der Waals surface area (Å²) in [6, 6.07) is 17.3. The first-order chi connectivity index (χ1) is 12.2. The maximum atomic E-state index is 12.4. The minimum Gasteiger partial charge on any atom is -0.352 e. The Bertz CT molecular complexity index is 1110. The summed E-state index contributed by atoms with van der Waals surface area (Å²) in [5.74, 6) is -0.134. The van der Waals surface area contributed by atoms with Crippen LogP contribution in [-0.2, 0) is 6.42 Å². The Morgan fingerprint density at radius 1 is 1.04 bits per heavy atom. The first kappa shape index (κ1) is 15.6. The maximum Gasteiger partial charge on any atom is 0.257 e. The van der Waals surface area contributed by atoms with E-state index in [0.717, 1.165) is 16.5 Å². The lowest BCUT2D eigenvalue weighted by molar-refractivity contribution is 0.0954. The van der Waals surface area contributed by atoms with E-state index in [1.54, 1.807) is 12.1 Å². The van der Waals surface area contributed by atoms with Crippen LogP contribution in [0.4, 0.5) is 0 Å². The normalized spacial score (nSPS) is 11.0. The summed E-state index contributed by atoms with van der Waals surface area (Å²) in [5.41, 5.74) is 2.30. The molecule has 0 aliphatic heterocycles. The van der Waals surface area contributed by atoms with Crippen molar-refractivity contribution < 1.29 is 4.79 Å². The molecule has 4 rings (SSSR count). The zero-order valence-electron chi connectivity index (χ0n) is 13.4. The number of fused-ring (bicyclic) bond motifs is 3. The Hall–Kier alpha value is -2.92. The van der Waals surface area contributed by atoms with Crippen LogP contribution in [0.2, 0.25) is 0 Å². The van der Waals surface area contributed by atoms with Gasteiger partial charge in [0.15, 0.2) is 0 Å². The lowest BCUT2D eigenvalue weighted by Gasteiger charge is -2.07. The highest BCUT2D eigenvalue weighted by molar-refractivity contribution is 7.18. The first-order valence-electron chi connectivity index (χ1n) is 8.08. The van der Waals surface area contributed by atoms with E-state index >= 15 is 0 Å². The van der Waals surface area contributed by atoms with E-state index in [9.17, 15) is 9.59 Å². The molecule has 2 heterocycles. The highest BCUT2D eigenvalue weighted by atomic mass is 32.1. The Morgan fingerprint density at radius 2 is 1.88 bits per heavy atom. The van der Waals surface area contributed by atoms with Crippen LogP contribution in [0.1, 0.15) is 15.9 Å². The molecule has 2 aromatic carbocycles. The highest BCUT2D eigenvalue weighted by Crippen LogP contribution is 2.26. The summed E-state index contributed by atoms with van der Waals surface area (Å²) in [4.78, 5) is 27.4. The van der Waals surface area contributed by atoms with E-state index in [-0.39, 0.29) is 11.5 Å². The Labute approximate surface area is 148 Å². The van der Waals surface area contributed by atoms with Gasteiger partial charge in [-0.25, -0.2) is 0 Å². The summed E-state index contributed by atoms with van der Waals surface area (Å²) in [6.45, 7) is 0.571. The summed E-state index contributed by atoms with van der Waals surface area (Å²) in [5, 5.41) is 6.49. The molecule has 0 aliphatic rings. The number of carbonyl (C=O) groups is 1. The standard InChI is InChI=1S/C20H16N2O2S/c23-19(21-10-8-13-4-2-1-3-5-13)14-6-7-15-17(12-14)22-20(24)16-9-11-25-18(15)16/h1-7,9,11-12H,8,10H2,(H,21,23)(H,22,24). The van der Waals surface area contributed by atoms with Gasteiger partial charge in [-0.1, -0.05) is 36.4 Å². The molecule has 0 spiro atoms. The summed E-state index contributed by atoms with van der Waals surface area (Å²) < 4.78 is 0.954. The Morgan fingerprint density at radius 3 is 2.72 bits per heavy atom. The van der Waals surface area contributed by atoms with Gasteiger partial charge < -0.3 is 10.3 Å². The number of hydrogen-bond acceptors (Lipinski definition) is 3. The average molecular weight is 348 g/mol. The molecule has 0 radical (unpaired) electrons. The second kappa shape index (κ2) is 6.53. The summed E-state index contributed by atoms with van der Waals surface area (Å²) in [6.07, 6.45) is 0.785. The molecular weight excluding hydrogens is 332 g/mol. The molecule has 0 fully saturated rings. The van der Waals surface area contributed by atoms with Crippen LogP contribution >= 0.6 is 11.3 Å². The first-order valence-corrected chi connectivity index (χ1v) is 8.96. The number of nitrogens with one attached hydrogen (secondary N) is 2. The molecule has 0 atom stereocenters. The number of pyridine rings is 1. The van der Waals surface area contributed by atoms with Crippen molar-refractivity contribution in [2.45, 2.75) is 6.42 Å². The number of benzene rings is 2. The van der Waals surface area contributed by atoms with Crippen molar-refractivity contribution in [2.24, 2.45) is 0 Å². The molecule has 1 amide bonds. The van der Waals surface area contributed by atoms with Gasteiger partial charge in [-0.15, -0.1) is 11.3 Å². The van der Waals surface area contributed by atoms with Crippen LogP contribution in [0, 0.1) is 0 Å². The largest absolute Gasteiger partial charge is 0.352 e. The molecule has 2 N–H and O–H groups in total. The van der Waals surface area contributed by atoms with E-state index < -0.39 is 0 Å². The maximum absolute atomic E-state index is 12.4. The fourth-order valence-electron chi connectivity index (χ4n) is 2.94. The van der Waals surface area contributed by atoms with Crippen LogP contribution in [0.25, 0.3) is 21.0 Å². The van der Waals surface area contributed by atoms with E-state index in [4.69, 9.17) is 0 Å². The van der Waals surface area contributed by atoms with Crippen LogP contribution in [0.15, 0.2) is 64.8 Å². The number of H-pyrrole nitrogens is 1. The predicted octanol–water partition coefficient (Wildman–Crippen LogP) is 3.72. The van der Waals surface area contributed by atoms with E-state index in [2.05, 4.69) is 10.3 Å². The second-order valence-corrected chi connectivity index (χ2v) is 6.79. The Kier molecular flexibility index (Phi) is 4.07. The quantitative estimate of drug-likeness (QED) is 0.590. The Balaban J connectivity index is 1.55. The van der Waals surface area contributed by atoms with Crippen LogP contribution < -0.4 is 10.9 Å². The van der Waals surface area contributed by atoms with Crippen molar-refractivity contribution in [1.29, 1.82) is 0 Å². The molecule has 4 nitrogen and oxygen atoms in total. The van der Waals surface area contributed by atoms with Crippen LogP contribution in [-0.4, -0.2) is 17.4 Å². The molecule has 0 saturated heterocycles. The summed E-state index contributed by atoms with van der Waals surface area (Å²) in [7, 11) is 0. The fraction of sp³-hybridized carbons (Fsp3) is 0.100. The molecule has 4 aromatic rings. The minimum absolute atomic E-state index is 0.120. The lowest BCUT2D eigenvalue weighted by Crippen LogP contribution is -2.25. The number of thiophene rings is 1. The predicted molar refractivity (Wildman–Crippen MR) is 102 cm³/mol. The molecule has 5 heteroatoms.